The molecule has 0 saturated heterocycles. The van der Waals surface area contributed by atoms with Gasteiger partial charge in [0.2, 0.25) is 11.8 Å². The maximum atomic E-state index is 12.0. The Morgan fingerprint density at radius 3 is 2.61 bits per heavy atom. The molecule has 0 spiro atoms. The minimum atomic E-state index is -0.0374. The number of methoxy groups -OCH3 is 1. The molecule has 0 unspecified atom stereocenters. The SMILES string of the molecule is COc1ccccc1CN(CCC(=O)NC1CCCC1)C(C)=O. The third-order valence-corrected chi connectivity index (χ3v) is 4.33. The Kier molecular flexibility index (Phi) is 6.44. The average molecular weight is 318 g/mol. The van der Waals surface area contributed by atoms with Crippen molar-refractivity contribution in [1.29, 1.82) is 0 Å². The van der Waals surface area contributed by atoms with Crippen LogP contribution in [0.15, 0.2) is 24.3 Å². The standard InChI is InChI=1S/C18H26N2O3/c1-14(21)20(13-15-7-3-6-10-17(15)23-2)12-11-18(22)19-16-8-4-5-9-16/h3,6-7,10,16H,4-5,8-9,11-13H2,1-2H3,(H,19,22). The van der Waals surface area contributed by atoms with Crippen LogP contribution >= 0.6 is 0 Å². The topological polar surface area (TPSA) is 58.6 Å². The van der Waals surface area contributed by atoms with Crippen LogP contribution in [0.4, 0.5) is 0 Å². The van der Waals surface area contributed by atoms with Gasteiger partial charge in [-0.1, -0.05) is 31.0 Å². The first-order valence-electron chi connectivity index (χ1n) is 8.27. The van der Waals surface area contributed by atoms with E-state index in [0.717, 1.165) is 24.2 Å². The molecular weight excluding hydrogens is 292 g/mol. The minimum Gasteiger partial charge on any atom is -0.496 e. The van der Waals surface area contributed by atoms with Gasteiger partial charge < -0.3 is 15.0 Å². The molecule has 1 aliphatic carbocycles. The van der Waals surface area contributed by atoms with Crippen molar-refractivity contribution in [1.82, 2.24) is 10.2 Å². The number of nitrogens with one attached hydrogen (secondary N) is 1. The summed E-state index contributed by atoms with van der Waals surface area (Å²) in [5, 5.41) is 3.06. The zero-order valence-electron chi connectivity index (χ0n) is 14.0. The number of carbonyl (C=O) groups is 2. The molecular formula is C18H26N2O3. The lowest BCUT2D eigenvalue weighted by molar-refractivity contribution is -0.130. The van der Waals surface area contributed by atoms with Crippen LogP contribution in [0.2, 0.25) is 0 Å². The van der Waals surface area contributed by atoms with Crippen molar-refractivity contribution in [3.05, 3.63) is 29.8 Å². The van der Waals surface area contributed by atoms with Gasteiger partial charge in [0.1, 0.15) is 5.75 Å². The van der Waals surface area contributed by atoms with Crippen LogP contribution in [0.3, 0.4) is 0 Å². The second-order valence-electron chi connectivity index (χ2n) is 6.05. The number of nitrogens with zero attached hydrogens (tertiary/aromatic N) is 1. The predicted molar refractivity (Wildman–Crippen MR) is 89.1 cm³/mol. The number of hydrogen-bond acceptors (Lipinski definition) is 3. The smallest absolute Gasteiger partial charge is 0.221 e. The van der Waals surface area contributed by atoms with Crippen LogP contribution in [-0.2, 0) is 16.1 Å². The molecule has 0 atom stereocenters. The minimum absolute atomic E-state index is 0.0307. The van der Waals surface area contributed by atoms with Gasteiger partial charge in [-0.3, -0.25) is 9.59 Å². The summed E-state index contributed by atoms with van der Waals surface area (Å²) in [6, 6.07) is 7.95. The zero-order valence-corrected chi connectivity index (χ0v) is 14.0. The molecule has 1 N–H and O–H groups in total. The second kappa shape index (κ2) is 8.56. The van der Waals surface area contributed by atoms with Crippen molar-refractivity contribution in [2.45, 2.75) is 51.6 Å². The Hall–Kier alpha value is -2.04. The lowest BCUT2D eigenvalue weighted by Crippen LogP contribution is -2.37. The van der Waals surface area contributed by atoms with Gasteiger partial charge in [0.15, 0.2) is 0 Å². The van der Waals surface area contributed by atoms with Crippen molar-refractivity contribution < 1.29 is 14.3 Å². The molecule has 23 heavy (non-hydrogen) atoms. The molecule has 0 aliphatic heterocycles. The molecule has 2 rings (SSSR count). The van der Waals surface area contributed by atoms with Crippen molar-refractivity contribution in [3.8, 4) is 5.75 Å². The van der Waals surface area contributed by atoms with Gasteiger partial charge in [0, 0.05) is 38.0 Å². The molecule has 5 nitrogen and oxygen atoms in total. The summed E-state index contributed by atoms with van der Waals surface area (Å²) in [6.07, 6.45) is 4.87. The lowest BCUT2D eigenvalue weighted by atomic mass is 10.1. The Morgan fingerprint density at radius 2 is 1.96 bits per heavy atom. The summed E-state index contributed by atoms with van der Waals surface area (Å²) in [5.41, 5.74) is 0.946. The molecule has 1 aromatic carbocycles. The molecule has 2 amide bonds. The highest BCUT2D eigenvalue weighted by Gasteiger charge is 2.18. The van der Waals surface area contributed by atoms with Gasteiger partial charge >= 0.3 is 0 Å². The van der Waals surface area contributed by atoms with E-state index in [1.54, 1.807) is 12.0 Å². The number of carbonyl (C=O) groups excluding carboxylic acids is 2. The molecule has 1 aromatic rings. The third-order valence-electron chi connectivity index (χ3n) is 4.33. The van der Waals surface area contributed by atoms with Crippen molar-refractivity contribution in [2.75, 3.05) is 13.7 Å². The second-order valence-corrected chi connectivity index (χ2v) is 6.05. The predicted octanol–water partition coefficient (Wildman–Crippen LogP) is 2.49. The van der Waals surface area contributed by atoms with Gasteiger partial charge in [0.05, 0.1) is 7.11 Å². The van der Waals surface area contributed by atoms with E-state index < -0.39 is 0 Å². The first-order chi connectivity index (χ1) is 11.1. The fourth-order valence-electron chi connectivity index (χ4n) is 2.99. The first-order valence-corrected chi connectivity index (χ1v) is 8.27. The van der Waals surface area contributed by atoms with Crippen LogP contribution in [0.25, 0.3) is 0 Å². The number of benzene rings is 1. The van der Waals surface area contributed by atoms with Crippen LogP contribution in [-0.4, -0.2) is 36.4 Å². The number of ether oxygens (including phenoxy) is 1. The first kappa shape index (κ1) is 17.3. The average Bonchev–Trinajstić information content (AvgIpc) is 3.04. The summed E-state index contributed by atoms with van der Waals surface area (Å²) in [7, 11) is 1.62. The van der Waals surface area contributed by atoms with Crippen molar-refractivity contribution in [2.24, 2.45) is 0 Å². The monoisotopic (exact) mass is 318 g/mol. The van der Waals surface area contributed by atoms with Crippen LogP contribution in [0, 0.1) is 0 Å². The molecule has 0 radical (unpaired) electrons. The largest absolute Gasteiger partial charge is 0.496 e. The maximum absolute atomic E-state index is 12.0. The van der Waals surface area contributed by atoms with Gasteiger partial charge in [-0.15, -0.1) is 0 Å². The van der Waals surface area contributed by atoms with Crippen LogP contribution in [0.1, 0.15) is 44.6 Å². The highest BCUT2D eigenvalue weighted by molar-refractivity contribution is 5.78. The quantitative estimate of drug-likeness (QED) is 0.840. The lowest BCUT2D eigenvalue weighted by Gasteiger charge is -2.22. The highest BCUT2D eigenvalue weighted by atomic mass is 16.5. The maximum Gasteiger partial charge on any atom is 0.221 e. The Morgan fingerprint density at radius 1 is 1.26 bits per heavy atom. The molecule has 0 bridgehead atoms. The summed E-state index contributed by atoms with van der Waals surface area (Å²) in [6.45, 7) is 2.41. The zero-order chi connectivity index (χ0) is 16.7. The molecule has 0 aromatic heterocycles. The molecule has 1 fully saturated rings. The fraction of sp³-hybridized carbons (Fsp3) is 0.556. The normalized spacial score (nSPS) is 14.5. The Bertz CT molecular complexity index is 539. The van der Waals surface area contributed by atoms with Crippen molar-refractivity contribution >= 4 is 11.8 Å². The Balaban J connectivity index is 1.88. The van der Waals surface area contributed by atoms with E-state index in [0.29, 0.717) is 25.6 Å². The van der Waals surface area contributed by atoms with Gasteiger partial charge in [-0.2, -0.15) is 0 Å². The van der Waals surface area contributed by atoms with Crippen LogP contribution in [0.5, 0.6) is 5.75 Å². The summed E-state index contributed by atoms with van der Waals surface area (Å²) in [4.78, 5) is 25.6. The molecule has 1 saturated carbocycles. The summed E-state index contributed by atoms with van der Waals surface area (Å²) >= 11 is 0. The highest BCUT2D eigenvalue weighted by Crippen LogP contribution is 2.20. The number of rotatable bonds is 7. The van der Waals surface area contributed by atoms with E-state index in [1.807, 2.05) is 24.3 Å². The van der Waals surface area contributed by atoms with E-state index in [-0.39, 0.29) is 11.8 Å². The van der Waals surface area contributed by atoms with Gasteiger partial charge in [-0.05, 0) is 18.9 Å². The molecule has 5 heteroatoms. The number of amides is 2. The van der Waals surface area contributed by atoms with Crippen molar-refractivity contribution in [3.63, 3.8) is 0 Å². The fourth-order valence-corrected chi connectivity index (χ4v) is 2.99. The third kappa shape index (κ3) is 5.27. The van der Waals surface area contributed by atoms with E-state index in [4.69, 9.17) is 4.74 Å². The summed E-state index contributed by atoms with van der Waals surface area (Å²) in [5.74, 6) is 0.752. The molecule has 0 heterocycles. The van der Waals surface area contributed by atoms with Crippen LogP contribution < -0.4 is 10.1 Å². The molecule has 1 aliphatic rings. The summed E-state index contributed by atoms with van der Waals surface area (Å²) < 4.78 is 5.32. The van der Waals surface area contributed by atoms with E-state index in [9.17, 15) is 9.59 Å². The van der Waals surface area contributed by atoms with E-state index >= 15 is 0 Å². The van der Waals surface area contributed by atoms with E-state index in [1.165, 1.54) is 19.8 Å². The van der Waals surface area contributed by atoms with Gasteiger partial charge in [0.25, 0.3) is 0 Å². The number of para-hydroxylation sites is 1. The number of hydrogen-bond donors (Lipinski definition) is 1. The van der Waals surface area contributed by atoms with E-state index in [2.05, 4.69) is 5.32 Å². The molecule has 126 valence electrons. The Labute approximate surface area is 138 Å². The van der Waals surface area contributed by atoms with Gasteiger partial charge in [-0.25, -0.2) is 0 Å².